The third-order valence-corrected chi connectivity index (χ3v) is 2.02. The number of hydrogen-bond donors (Lipinski definition) is 0. The fourth-order valence-corrected chi connectivity index (χ4v) is 1.23. The maximum Gasteiger partial charge on any atom is 0.0333 e. The largest absolute Gasteiger partial charge is 0.348 e. The summed E-state index contributed by atoms with van der Waals surface area (Å²) < 4.78 is 0. The molecular formula is C11H17N. The SMILES string of the molecule is C=C1C=CC(C)=CN1CCCC. The lowest BCUT2D eigenvalue weighted by atomic mass is 10.2. The summed E-state index contributed by atoms with van der Waals surface area (Å²) in [5.74, 6) is 0. The molecule has 0 saturated carbocycles. The van der Waals surface area contributed by atoms with E-state index in [1.807, 2.05) is 0 Å². The molecule has 1 heteroatoms. The van der Waals surface area contributed by atoms with Crippen molar-refractivity contribution in [2.45, 2.75) is 26.7 Å². The van der Waals surface area contributed by atoms with Gasteiger partial charge in [0.2, 0.25) is 0 Å². The van der Waals surface area contributed by atoms with Gasteiger partial charge in [-0.1, -0.05) is 26.0 Å². The first-order valence-corrected chi connectivity index (χ1v) is 4.56. The Morgan fingerprint density at radius 1 is 1.42 bits per heavy atom. The third kappa shape index (κ3) is 2.26. The molecule has 0 radical (unpaired) electrons. The van der Waals surface area contributed by atoms with Crippen molar-refractivity contribution < 1.29 is 0 Å². The minimum absolute atomic E-state index is 1.09. The standard InChI is InChI=1S/C11H17N/c1-4-5-8-12-9-10(2)6-7-11(12)3/h6-7,9H,3-5,8H2,1-2H3. The van der Waals surface area contributed by atoms with Gasteiger partial charge in [0.1, 0.15) is 0 Å². The molecule has 1 heterocycles. The summed E-state index contributed by atoms with van der Waals surface area (Å²) in [6.07, 6.45) is 8.81. The second kappa shape index (κ2) is 4.15. The van der Waals surface area contributed by atoms with Gasteiger partial charge in [0, 0.05) is 18.4 Å². The van der Waals surface area contributed by atoms with E-state index in [9.17, 15) is 0 Å². The minimum atomic E-state index is 1.09. The average Bonchev–Trinajstić information content (AvgIpc) is 2.07. The topological polar surface area (TPSA) is 3.24 Å². The fourth-order valence-electron chi connectivity index (χ4n) is 1.23. The lowest BCUT2D eigenvalue weighted by Gasteiger charge is -2.24. The van der Waals surface area contributed by atoms with Crippen LogP contribution in [0.5, 0.6) is 0 Å². The van der Waals surface area contributed by atoms with Crippen molar-refractivity contribution in [3.8, 4) is 0 Å². The zero-order valence-electron chi connectivity index (χ0n) is 8.01. The monoisotopic (exact) mass is 163 g/mol. The summed E-state index contributed by atoms with van der Waals surface area (Å²) >= 11 is 0. The van der Waals surface area contributed by atoms with E-state index < -0.39 is 0 Å². The van der Waals surface area contributed by atoms with Crippen LogP contribution in [0, 0.1) is 0 Å². The number of unbranched alkanes of at least 4 members (excludes halogenated alkanes) is 1. The quantitative estimate of drug-likeness (QED) is 0.618. The molecule has 0 fully saturated rings. The van der Waals surface area contributed by atoms with E-state index in [1.165, 1.54) is 18.4 Å². The average molecular weight is 163 g/mol. The first-order valence-electron chi connectivity index (χ1n) is 4.56. The molecule has 0 N–H and O–H groups in total. The van der Waals surface area contributed by atoms with Crippen molar-refractivity contribution in [1.82, 2.24) is 4.90 Å². The Hall–Kier alpha value is -0.980. The number of allylic oxidation sites excluding steroid dienone is 3. The fraction of sp³-hybridized carbons (Fsp3) is 0.455. The lowest BCUT2D eigenvalue weighted by molar-refractivity contribution is 0.457. The molecule has 0 amide bonds. The molecule has 0 aromatic heterocycles. The first-order chi connectivity index (χ1) is 5.74. The highest BCUT2D eigenvalue weighted by Crippen LogP contribution is 2.15. The maximum atomic E-state index is 3.98. The van der Waals surface area contributed by atoms with Gasteiger partial charge in [0.15, 0.2) is 0 Å². The molecule has 66 valence electrons. The van der Waals surface area contributed by atoms with Gasteiger partial charge in [-0.25, -0.2) is 0 Å². The highest BCUT2D eigenvalue weighted by atomic mass is 15.1. The normalized spacial score (nSPS) is 16.7. The number of rotatable bonds is 3. The second-order valence-electron chi connectivity index (χ2n) is 3.24. The van der Waals surface area contributed by atoms with Crippen molar-refractivity contribution in [1.29, 1.82) is 0 Å². The van der Waals surface area contributed by atoms with Gasteiger partial charge in [-0.05, 0) is 25.0 Å². The van der Waals surface area contributed by atoms with E-state index >= 15 is 0 Å². The zero-order valence-corrected chi connectivity index (χ0v) is 8.01. The predicted octanol–water partition coefficient (Wildman–Crippen LogP) is 3.08. The Morgan fingerprint density at radius 2 is 2.17 bits per heavy atom. The van der Waals surface area contributed by atoms with Crippen LogP contribution in [0.2, 0.25) is 0 Å². The van der Waals surface area contributed by atoms with E-state index in [-0.39, 0.29) is 0 Å². The Kier molecular flexibility index (Phi) is 3.15. The van der Waals surface area contributed by atoms with E-state index in [2.05, 4.69) is 43.7 Å². The molecule has 1 aliphatic rings. The third-order valence-electron chi connectivity index (χ3n) is 2.02. The summed E-state index contributed by atoms with van der Waals surface area (Å²) in [5, 5.41) is 0. The summed E-state index contributed by atoms with van der Waals surface area (Å²) in [6, 6.07) is 0. The highest BCUT2D eigenvalue weighted by Gasteiger charge is 2.04. The van der Waals surface area contributed by atoms with Gasteiger partial charge in [0.25, 0.3) is 0 Å². The molecule has 0 aromatic carbocycles. The molecule has 1 nitrogen and oxygen atoms in total. The molecule has 0 saturated heterocycles. The Morgan fingerprint density at radius 3 is 2.83 bits per heavy atom. The molecule has 12 heavy (non-hydrogen) atoms. The van der Waals surface area contributed by atoms with Crippen LogP contribution >= 0.6 is 0 Å². The van der Waals surface area contributed by atoms with Crippen LogP contribution in [0.3, 0.4) is 0 Å². The second-order valence-corrected chi connectivity index (χ2v) is 3.24. The van der Waals surface area contributed by atoms with Crippen molar-refractivity contribution in [2.24, 2.45) is 0 Å². The number of hydrogen-bond acceptors (Lipinski definition) is 1. The minimum Gasteiger partial charge on any atom is -0.348 e. The van der Waals surface area contributed by atoms with Gasteiger partial charge >= 0.3 is 0 Å². The summed E-state index contributed by atoms with van der Waals surface area (Å²) in [6.45, 7) is 9.39. The first kappa shape index (κ1) is 9.11. The van der Waals surface area contributed by atoms with Crippen molar-refractivity contribution in [2.75, 3.05) is 6.54 Å². The summed E-state index contributed by atoms with van der Waals surface area (Å²) in [4.78, 5) is 2.22. The highest BCUT2D eigenvalue weighted by molar-refractivity contribution is 5.30. The van der Waals surface area contributed by atoms with Crippen molar-refractivity contribution in [3.05, 3.63) is 36.2 Å². The van der Waals surface area contributed by atoms with Crippen LogP contribution in [-0.2, 0) is 0 Å². The molecule has 0 spiro atoms. The molecule has 0 aromatic rings. The van der Waals surface area contributed by atoms with Gasteiger partial charge in [-0.3, -0.25) is 0 Å². The van der Waals surface area contributed by atoms with Gasteiger partial charge in [-0.2, -0.15) is 0 Å². The van der Waals surface area contributed by atoms with Gasteiger partial charge < -0.3 is 4.90 Å². The molecule has 0 bridgehead atoms. The van der Waals surface area contributed by atoms with E-state index in [0.717, 1.165) is 12.2 Å². The van der Waals surface area contributed by atoms with Crippen molar-refractivity contribution >= 4 is 0 Å². The van der Waals surface area contributed by atoms with E-state index in [1.54, 1.807) is 0 Å². The summed E-state index contributed by atoms with van der Waals surface area (Å²) in [5.41, 5.74) is 2.41. The van der Waals surface area contributed by atoms with Crippen LogP contribution in [0.15, 0.2) is 36.2 Å². The van der Waals surface area contributed by atoms with Crippen LogP contribution in [-0.4, -0.2) is 11.4 Å². The molecule has 1 rings (SSSR count). The molecule has 0 atom stereocenters. The van der Waals surface area contributed by atoms with Crippen LogP contribution in [0.1, 0.15) is 26.7 Å². The maximum absolute atomic E-state index is 3.98. The Balaban J connectivity index is 2.53. The number of nitrogens with zero attached hydrogens (tertiary/aromatic N) is 1. The van der Waals surface area contributed by atoms with Gasteiger partial charge in [0.05, 0.1) is 0 Å². The molecule has 0 unspecified atom stereocenters. The molecular weight excluding hydrogens is 146 g/mol. The Labute approximate surface area is 75.1 Å². The van der Waals surface area contributed by atoms with E-state index in [0.29, 0.717) is 0 Å². The smallest absolute Gasteiger partial charge is 0.0333 e. The summed E-state index contributed by atoms with van der Waals surface area (Å²) in [7, 11) is 0. The predicted molar refractivity (Wildman–Crippen MR) is 53.7 cm³/mol. The van der Waals surface area contributed by atoms with E-state index in [4.69, 9.17) is 0 Å². The zero-order chi connectivity index (χ0) is 8.97. The van der Waals surface area contributed by atoms with Gasteiger partial charge in [-0.15, -0.1) is 0 Å². The lowest BCUT2D eigenvalue weighted by Crippen LogP contribution is -2.18. The van der Waals surface area contributed by atoms with Crippen LogP contribution in [0.25, 0.3) is 0 Å². The van der Waals surface area contributed by atoms with Crippen LogP contribution in [0.4, 0.5) is 0 Å². The van der Waals surface area contributed by atoms with Crippen molar-refractivity contribution in [3.63, 3.8) is 0 Å². The Bertz CT molecular complexity index is 223. The molecule has 1 aliphatic heterocycles. The molecule has 0 aliphatic carbocycles. The van der Waals surface area contributed by atoms with Crippen LogP contribution < -0.4 is 0 Å².